The van der Waals surface area contributed by atoms with Gasteiger partial charge in [0.25, 0.3) is 0 Å². The van der Waals surface area contributed by atoms with E-state index in [-0.39, 0.29) is 23.6 Å². The lowest BCUT2D eigenvalue weighted by molar-refractivity contribution is -0.252. The molecule has 0 aliphatic carbocycles. The van der Waals surface area contributed by atoms with E-state index in [1.54, 1.807) is 0 Å². The van der Waals surface area contributed by atoms with E-state index in [1.807, 2.05) is 0 Å². The molecule has 4 unspecified atom stereocenters. The van der Waals surface area contributed by atoms with Gasteiger partial charge in [0.15, 0.2) is 29.7 Å². The third kappa shape index (κ3) is 4.71. The van der Waals surface area contributed by atoms with E-state index in [0.717, 1.165) is 11.5 Å². The van der Waals surface area contributed by atoms with Crippen molar-refractivity contribution in [1.82, 2.24) is 19.1 Å². The first-order chi connectivity index (χ1) is 16.3. The molecule has 1 aliphatic heterocycles. The Bertz CT molecular complexity index is 1250. The van der Waals surface area contributed by atoms with Crippen molar-refractivity contribution in [2.75, 3.05) is 12.8 Å². The maximum absolute atomic E-state index is 15.4. The van der Waals surface area contributed by atoms with Crippen LogP contribution >= 0.6 is 0 Å². The maximum atomic E-state index is 15.4. The van der Waals surface area contributed by atoms with Gasteiger partial charge in [-0.2, -0.15) is 23.1 Å². The van der Waals surface area contributed by atoms with Crippen LogP contribution in [-0.2, 0) is 30.3 Å². The molecule has 0 aromatic carbocycles. The molecule has 0 radical (unpaired) electrons. The van der Waals surface area contributed by atoms with Gasteiger partial charge in [0.2, 0.25) is 17.9 Å². The second kappa shape index (κ2) is 9.41. The second-order valence-electron chi connectivity index (χ2n) is 7.29. The number of methoxy groups -OCH3 is 1. The fourth-order valence-corrected chi connectivity index (χ4v) is 3.69. The van der Waals surface area contributed by atoms with Gasteiger partial charge in [-0.15, -0.1) is 6.42 Å². The van der Waals surface area contributed by atoms with Crippen molar-refractivity contribution < 1.29 is 46.1 Å². The number of halogens is 4. The monoisotopic (exact) mass is 505 g/mol. The molecule has 0 saturated carbocycles. The van der Waals surface area contributed by atoms with Gasteiger partial charge in [0.05, 0.1) is 13.7 Å². The van der Waals surface area contributed by atoms with Gasteiger partial charge in [0, 0.05) is 13.8 Å². The number of terminal acetylenes is 1. The minimum absolute atomic E-state index is 0.124. The molecule has 190 valence electrons. The molecule has 35 heavy (non-hydrogen) atoms. The molecule has 0 amide bonds. The quantitative estimate of drug-likeness (QED) is 0.334. The van der Waals surface area contributed by atoms with Crippen molar-refractivity contribution in [2.24, 2.45) is 0 Å². The van der Waals surface area contributed by atoms with Crippen molar-refractivity contribution in [3.05, 3.63) is 10.5 Å². The van der Waals surface area contributed by atoms with E-state index in [2.05, 4.69) is 20.6 Å². The van der Waals surface area contributed by atoms with Crippen LogP contribution in [0.15, 0.2) is 4.79 Å². The number of rotatable bonds is 6. The summed E-state index contributed by atoms with van der Waals surface area (Å²) in [5.74, 6) is -0.884. The minimum Gasteiger partial charge on any atom is -0.479 e. The second-order valence-corrected chi connectivity index (χ2v) is 7.29. The van der Waals surface area contributed by atoms with Crippen LogP contribution < -0.4 is 16.2 Å². The molecule has 2 N–H and O–H groups in total. The van der Waals surface area contributed by atoms with E-state index in [0.29, 0.717) is 11.5 Å². The molecule has 5 atom stereocenters. The summed E-state index contributed by atoms with van der Waals surface area (Å²) in [6.07, 6.45) is -12.3. The lowest BCUT2D eigenvalue weighted by atomic mass is 10.1. The number of imidazole rings is 1. The Morgan fingerprint density at radius 3 is 2.46 bits per heavy atom. The Labute approximate surface area is 193 Å². The van der Waals surface area contributed by atoms with Crippen molar-refractivity contribution in [3.8, 4) is 18.2 Å². The Morgan fingerprint density at radius 1 is 1.29 bits per heavy atom. The molecule has 0 spiro atoms. The molecule has 1 aliphatic rings. The Kier molecular flexibility index (Phi) is 6.92. The highest BCUT2D eigenvalue weighted by Crippen LogP contribution is 2.41. The number of ether oxygens (including phenoxy) is 4. The van der Waals surface area contributed by atoms with E-state index in [9.17, 15) is 27.6 Å². The summed E-state index contributed by atoms with van der Waals surface area (Å²) in [6.45, 7) is 1.18. The number of anilines is 1. The molecule has 12 nitrogen and oxygen atoms in total. The first-order valence-corrected chi connectivity index (χ1v) is 9.78. The number of hydrogen-bond donors (Lipinski definition) is 1. The predicted octanol–water partition coefficient (Wildman–Crippen LogP) is 0.478. The summed E-state index contributed by atoms with van der Waals surface area (Å²) in [5.41, 5.74) is 4.16. The number of alkyl halides is 4. The molecular weight excluding hydrogens is 486 g/mol. The summed E-state index contributed by atoms with van der Waals surface area (Å²) in [5, 5.41) is 0. The van der Waals surface area contributed by atoms with Crippen LogP contribution in [0.2, 0.25) is 0 Å². The maximum Gasteiger partial charge on any atom is 0.428 e. The van der Waals surface area contributed by atoms with Gasteiger partial charge in [-0.25, -0.2) is 13.8 Å². The minimum atomic E-state index is -5.27. The van der Waals surface area contributed by atoms with E-state index >= 15 is 4.39 Å². The number of fused-ring (bicyclic) bond motifs is 1. The molecule has 3 rings (SSSR count). The van der Waals surface area contributed by atoms with Gasteiger partial charge in [-0.1, -0.05) is 5.92 Å². The number of hydrogen-bond acceptors (Lipinski definition) is 10. The molecule has 3 heterocycles. The first-order valence-electron chi connectivity index (χ1n) is 9.78. The van der Waals surface area contributed by atoms with E-state index in [4.69, 9.17) is 26.4 Å². The first kappa shape index (κ1) is 25.7. The highest BCUT2D eigenvalue weighted by atomic mass is 19.4. The Morgan fingerprint density at radius 2 is 1.94 bits per heavy atom. The average Bonchev–Trinajstić information content (AvgIpc) is 3.18. The lowest BCUT2D eigenvalue weighted by Crippen LogP contribution is -2.47. The third-order valence-electron chi connectivity index (χ3n) is 4.90. The summed E-state index contributed by atoms with van der Waals surface area (Å²) < 4.78 is 77.3. The number of esters is 2. The SMILES string of the molecule is C#CCn1c(=O)n(C2OC([C@@H](OC(C)=O)C(F)(F)F)C(F)C2OC(C)=O)c2nc(N)nc(OC)c21. The lowest BCUT2D eigenvalue weighted by Gasteiger charge is -2.26. The van der Waals surface area contributed by atoms with Crippen LogP contribution in [0.3, 0.4) is 0 Å². The number of nitrogens with two attached hydrogens (primary N) is 1. The highest BCUT2D eigenvalue weighted by Gasteiger charge is 2.60. The molecule has 1 saturated heterocycles. The number of carbonyl (C=O) groups excluding carboxylic acids is 2. The molecule has 2 aromatic heterocycles. The number of carbonyl (C=O) groups is 2. The van der Waals surface area contributed by atoms with Crippen molar-refractivity contribution in [3.63, 3.8) is 0 Å². The Hall–Kier alpha value is -3.87. The fourth-order valence-electron chi connectivity index (χ4n) is 3.69. The van der Waals surface area contributed by atoms with E-state index in [1.165, 1.54) is 7.11 Å². The predicted molar refractivity (Wildman–Crippen MR) is 108 cm³/mol. The van der Waals surface area contributed by atoms with Gasteiger partial charge in [-0.05, 0) is 0 Å². The third-order valence-corrected chi connectivity index (χ3v) is 4.90. The van der Waals surface area contributed by atoms with Gasteiger partial charge in [0.1, 0.15) is 6.10 Å². The fraction of sp³-hybridized carbons (Fsp3) is 0.526. The summed E-state index contributed by atoms with van der Waals surface area (Å²) in [7, 11) is 1.19. The topological polar surface area (TPSA) is 150 Å². The molecule has 1 fully saturated rings. The van der Waals surface area contributed by atoms with Gasteiger partial charge >= 0.3 is 23.8 Å². The average molecular weight is 505 g/mol. The largest absolute Gasteiger partial charge is 0.479 e. The number of nitrogens with zero attached hydrogens (tertiary/aromatic N) is 4. The number of aromatic nitrogens is 4. The van der Waals surface area contributed by atoms with Crippen molar-refractivity contribution in [2.45, 2.75) is 57.3 Å². The molecule has 0 bridgehead atoms. The van der Waals surface area contributed by atoms with Crippen LogP contribution in [0.5, 0.6) is 5.88 Å². The van der Waals surface area contributed by atoms with Crippen LogP contribution in [0.4, 0.5) is 23.5 Å². The Balaban J connectivity index is 2.26. The smallest absolute Gasteiger partial charge is 0.428 e. The van der Waals surface area contributed by atoms with Crippen LogP contribution in [0.1, 0.15) is 20.1 Å². The standard InChI is InChI=1S/C19H19F4N5O7/c1-5-6-27-10-14(25-17(24)26-15(10)32-4)28(18(27)31)16-12(33-7(2)29)9(20)11(35-16)13(19(21,22)23)34-8(3)30/h1,9,11-13,16H,6H2,2-4H3,(H2,24,25,26)/t9?,11?,12?,13-,16?/m1/s1. The van der Waals surface area contributed by atoms with Crippen LogP contribution in [0, 0.1) is 12.3 Å². The zero-order valence-electron chi connectivity index (χ0n) is 18.4. The zero-order valence-corrected chi connectivity index (χ0v) is 18.4. The normalized spacial score (nSPS) is 23.0. The molecule has 2 aromatic rings. The van der Waals surface area contributed by atoms with Crippen LogP contribution in [-0.4, -0.2) is 68.8 Å². The van der Waals surface area contributed by atoms with Crippen molar-refractivity contribution >= 4 is 29.1 Å². The van der Waals surface area contributed by atoms with Gasteiger partial charge in [-0.3, -0.25) is 14.2 Å². The molecular formula is C19H19F4N5O7. The number of nitrogen functional groups attached to an aromatic ring is 1. The summed E-state index contributed by atoms with van der Waals surface area (Å²) >= 11 is 0. The molecule has 16 heteroatoms. The van der Waals surface area contributed by atoms with E-state index < -0.39 is 60.5 Å². The zero-order chi connectivity index (χ0) is 26.2. The highest BCUT2D eigenvalue weighted by molar-refractivity contribution is 5.79. The summed E-state index contributed by atoms with van der Waals surface area (Å²) in [4.78, 5) is 43.9. The van der Waals surface area contributed by atoms with Crippen LogP contribution in [0.25, 0.3) is 11.2 Å². The van der Waals surface area contributed by atoms with Gasteiger partial charge < -0.3 is 24.7 Å². The summed E-state index contributed by atoms with van der Waals surface area (Å²) in [6, 6.07) is 0. The van der Waals surface area contributed by atoms with Crippen molar-refractivity contribution in [1.29, 1.82) is 0 Å².